The summed E-state index contributed by atoms with van der Waals surface area (Å²) in [7, 11) is 0. The largest absolute Gasteiger partial charge is 0.487 e. The predicted octanol–water partition coefficient (Wildman–Crippen LogP) is 2.76. The number of hydrogen-bond acceptors (Lipinski definition) is 8. The fraction of sp³-hybridized carbons (Fsp3) is 0.321. The van der Waals surface area contributed by atoms with E-state index in [1.807, 2.05) is 0 Å². The lowest BCUT2D eigenvalue weighted by molar-refractivity contribution is -0.118. The molecule has 0 radical (unpaired) electrons. The van der Waals surface area contributed by atoms with Crippen LogP contribution < -0.4 is 10.1 Å². The number of carbonyl (C=O) groups is 2. The quantitative estimate of drug-likeness (QED) is 0.351. The van der Waals surface area contributed by atoms with Crippen molar-refractivity contribution in [2.45, 2.75) is 31.9 Å². The molecular weight excluding hydrogens is 538 g/mol. The molecule has 13 heteroatoms. The molecule has 11 nitrogen and oxygen atoms in total. The molecule has 0 atom stereocenters. The number of ether oxygens (including phenoxy) is 2. The van der Waals surface area contributed by atoms with E-state index in [-0.39, 0.29) is 35.7 Å². The molecular formula is C28H26F2N6O5. The molecule has 1 fully saturated rings. The van der Waals surface area contributed by atoms with E-state index in [0.717, 1.165) is 6.07 Å². The first kappa shape index (κ1) is 26.7. The summed E-state index contributed by atoms with van der Waals surface area (Å²) in [5, 5.41) is 15.9. The van der Waals surface area contributed by atoms with Gasteiger partial charge >= 0.3 is 0 Å². The fourth-order valence-corrected chi connectivity index (χ4v) is 4.99. The van der Waals surface area contributed by atoms with Gasteiger partial charge in [-0.25, -0.2) is 18.3 Å². The van der Waals surface area contributed by atoms with Gasteiger partial charge in [-0.3, -0.25) is 14.6 Å². The minimum atomic E-state index is -0.805. The first-order chi connectivity index (χ1) is 19.9. The number of aromatic nitrogens is 4. The molecule has 2 aliphatic rings. The predicted molar refractivity (Wildman–Crippen MR) is 141 cm³/mol. The first-order valence-electron chi connectivity index (χ1n) is 13.2. The molecule has 2 aliphatic heterocycles. The molecule has 0 saturated carbocycles. The van der Waals surface area contributed by atoms with Gasteiger partial charge in [0.25, 0.3) is 11.8 Å². The Labute approximate surface area is 232 Å². The number of carbonyl (C=O) groups excluding carboxylic acids is 2. The Balaban J connectivity index is 1.25. The Morgan fingerprint density at radius 3 is 2.83 bits per heavy atom. The minimum absolute atomic E-state index is 0.0304. The molecule has 41 heavy (non-hydrogen) atoms. The number of hydrogen-bond donors (Lipinski definition) is 2. The summed E-state index contributed by atoms with van der Waals surface area (Å²) in [6.07, 6.45) is 4.54. The zero-order chi connectivity index (χ0) is 28.5. The maximum absolute atomic E-state index is 14.8. The third-order valence-corrected chi connectivity index (χ3v) is 7.03. The average Bonchev–Trinajstić information content (AvgIpc) is 3.38. The molecule has 2 N–H and O–H groups in total. The van der Waals surface area contributed by atoms with E-state index < -0.39 is 24.1 Å². The van der Waals surface area contributed by atoms with Crippen molar-refractivity contribution in [1.29, 1.82) is 0 Å². The number of anilines is 1. The van der Waals surface area contributed by atoms with E-state index in [4.69, 9.17) is 14.6 Å². The third kappa shape index (κ3) is 5.58. The number of halogens is 2. The van der Waals surface area contributed by atoms with Gasteiger partial charge in [0.1, 0.15) is 18.5 Å². The van der Waals surface area contributed by atoms with E-state index >= 15 is 0 Å². The van der Waals surface area contributed by atoms with Crippen molar-refractivity contribution in [3.05, 3.63) is 71.2 Å². The molecule has 5 heterocycles. The van der Waals surface area contributed by atoms with Crippen LogP contribution in [0.3, 0.4) is 0 Å². The van der Waals surface area contributed by atoms with Gasteiger partial charge in [-0.2, -0.15) is 5.10 Å². The number of aliphatic hydroxyl groups excluding tert-OH is 1. The van der Waals surface area contributed by atoms with Crippen LogP contribution in [0.2, 0.25) is 0 Å². The van der Waals surface area contributed by atoms with Gasteiger partial charge < -0.3 is 24.8 Å². The molecule has 0 unspecified atom stereocenters. The summed E-state index contributed by atoms with van der Waals surface area (Å²) < 4.78 is 41.8. The van der Waals surface area contributed by atoms with Crippen LogP contribution in [-0.2, 0) is 22.5 Å². The molecule has 3 aromatic heterocycles. The van der Waals surface area contributed by atoms with E-state index in [9.17, 15) is 18.4 Å². The van der Waals surface area contributed by atoms with Gasteiger partial charge in [-0.15, -0.1) is 0 Å². The number of fused-ring (bicyclic) bond motifs is 2. The Kier molecular flexibility index (Phi) is 7.28. The molecule has 4 aromatic rings. The van der Waals surface area contributed by atoms with Gasteiger partial charge in [0.15, 0.2) is 23.0 Å². The van der Waals surface area contributed by atoms with Crippen LogP contribution in [0.4, 0.5) is 14.6 Å². The highest BCUT2D eigenvalue weighted by molar-refractivity contribution is 5.97. The molecule has 0 bridgehead atoms. The number of aliphatic hydroxyl groups is 1. The van der Waals surface area contributed by atoms with Crippen LogP contribution in [0.1, 0.15) is 34.5 Å². The maximum atomic E-state index is 14.8. The number of imidazole rings is 1. The summed E-state index contributed by atoms with van der Waals surface area (Å²) in [6.45, 7) is 0.635. The SMILES string of the molecule is O=C(CO)Nc1cn2nc(-c3cnc4c(c3)C(=O)N(Cc3cc(F)cc(F)c3OC3CCOCC3)CC4)ccc2n1. The van der Waals surface area contributed by atoms with Gasteiger partial charge in [-0.1, -0.05) is 0 Å². The van der Waals surface area contributed by atoms with Crippen molar-refractivity contribution in [2.24, 2.45) is 0 Å². The van der Waals surface area contributed by atoms with Gasteiger partial charge in [0, 0.05) is 55.7 Å². The van der Waals surface area contributed by atoms with E-state index in [0.29, 0.717) is 67.2 Å². The molecule has 6 rings (SSSR count). The van der Waals surface area contributed by atoms with Crippen LogP contribution >= 0.6 is 0 Å². The highest BCUT2D eigenvalue weighted by Gasteiger charge is 2.29. The highest BCUT2D eigenvalue weighted by Crippen LogP contribution is 2.31. The minimum Gasteiger partial charge on any atom is -0.487 e. The van der Waals surface area contributed by atoms with Crippen molar-refractivity contribution < 1.29 is 33.0 Å². The monoisotopic (exact) mass is 564 g/mol. The number of nitrogens with one attached hydrogen (secondary N) is 1. The lowest BCUT2D eigenvalue weighted by Crippen LogP contribution is -2.38. The second-order valence-corrected chi connectivity index (χ2v) is 9.85. The van der Waals surface area contributed by atoms with Crippen LogP contribution in [0.25, 0.3) is 16.9 Å². The number of nitrogens with zero attached hydrogens (tertiary/aromatic N) is 5. The normalized spacial score (nSPS) is 15.7. The van der Waals surface area contributed by atoms with Crippen LogP contribution in [0, 0.1) is 11.6 Å². The van der Waals surface area contributed by atoms with Gasteiger partial charge in [0.2, 0.25) is 0 Å². The third-order valence-electron chi connectivity index (χ3n) is 7.03. The van der Waals surface area contributed by atoms with Crippen LogP contribution in [-0.4, -0.2) is 73.9 Å². The molecule has 1 aromatic carbocycles. The number of pyridine rings is 1. The van der Waals surface area contributed by atoms with Gasteiger partial charge in [0.05, 0.1) is 36.4 Å². The molecule has 212 valence electrons. The number of rotatable bonds is 7. The molecule has 1 saturated heterocycles. The smallest absolute Gasteiger partial charge is 0.256 e. The van der Waals surface area contributed by atoms with Crippen molar-refractivity contribution in [3.63, 3.8) is 0 Å². The Morgan fingerprint density at radius 2 is 2.02 bits per heavy atom. The molecule has 0 aliphatic carbocycles. The van der Waals surface area contributed by atoms with E-state index in [1.54, 1.807) is 24.4 Å². The van der Waals surface area contributed by atoms with Crippen molar-refractivity contribution in [2.75, 3.05) is 31.7 Å². The van der Waals surface area contributed by atoms with Gasteiger partial charge in [-0.05, 0) is 24.3 Å². The second kappa shape index (κ2) is 11.2. The zero-order valence-electron chi connectivity index (χ0n) is 21.8. The second-order valence-electron chi connectivity index (χ2n) is 9.85. The summed E-state index contributed by atoms with van der Waals surface area (Å²) in [5.74, 6) is -2.28. The van der Waals surface area contributed by atoms with Crippen molar-refractivity contribution in [3.8, 4) is 17.0 Å². The Bertz CT molecular complexity index is 1640. The summed E-state index contributed by atoms with van der Waals surface area (Å²) >= 11 is 0. The van der Waals surface area contributed by atoms with E-state index in [2.05, 4.69) is 20.4 Å². The average molecular weight is 565 g/mol. The summed E-state index contributed by atoms with van der Waals surface area (Å²) in [6, 6.07) is 7.10. The van der Waals surface area contributed by atoms with Crippen molar-refractivity contribution >= 4 is 23.3 Å². The topological polar surface area (TPSA) is 131 Å². The summed E-state index contributed by atoms with van der Waals surface area (Å²) in [5.41, 5.74) is 2.81. The Hall–Kier alpha value is -4.49. The Morgan fingerprint density at radius 1 is 1.20 bits per heavy atom. The fourth-order valence-electron chi connectivity index (χ4n) is 4.99. The highest BCUT2D eigenvalue weighted by atomic mass is 19.1. The van der Waals surface area contributed by atoms with Crippen molar-refractivity contribution in [1.82, 2.24) is 24.5 Å². The standard InChI is InChI=1S/C28H26F2N6O5/c29-18-9-17(27(21(30)11-18)41-19-4-7-40-8-5-19)13-35-6-3-23-20(28(35)39)10-16(12-31-23)22-1-2-25-32-24(14-36(25)34-22)33-26(38)15-37/h1-2,9-12,14,19,37H,3-8,13,15H2,(H,33,38). The van der Waals surface area contributed by atoms with Crippen LogP contribution in [0.15, 0.2) is 42.7 Å². The zero-order valence-corrected chi connectivity index (χ0v) is 21.8. The summed E-state index contributed by atoms with van der Waals surface area (Å²) in [4.78, 5) is 35.3. The maximum Gasteiger partial charge on any atom is 0.256 e. The number of amides is 2. The molecule has 0 spiro atoms. The first-order valence-corrected chi connectivity index (χ1v) is 13.2. The molecule has 2 amide bonds. The van der Waals surface area contributed by atoms with E-state index in [1.165, 1.54) is 21.7 Å². The van der Waals surface area contributed by atoms with Crippen LogP contribution in [0.5, 0.6) is 5.75 Å². The lowest BCUT2D eigenvalue weighted by Gasteiger charge is -2.30. The lowest BCUT2D eigenvalue weighted by atomic mass is 10.0. The number of benzene rings is 1.